The molecule has 0 aliphatic rings. The lowest BCUT2D eigenvalue weighted by Crippen LogP contribution is -2.32. The van der Waals surface area contributed by atoms with Crippen LogP contribution in [0.25, 0.3) is 99.4 Å². The fraction of sp³-hybridized carbons (Fsp3) is 0.279. The molecule has 0 aliphatic carbocycles. The van der Waals surface area contributed by atoms with Gasteiger partial charge in [0.1, 0.15) is 39.4 Å². The zero-order valence-corrected chi connectivity index (χ0v) is 60.3. The summed E-state index contributed by atoms with van der Waals surface area (Å²) in [7, 11) is 8.41. The Bertz CT molecular complexity index is 4130. The van der Waals surface area contributed by atoms with Crippen LogP contribution in [0.4, 0.5) is 0 Å². The maximum Gasteiger partial charge on any atom is 0.220 e. The zero-order chi connectivity index (χ0) is 68.0. The van der Waals surface area contributed by atoms with Crippen LogP contribution >= 0.6 is 0 Å². The first-order valence-corrected chi connectivity index (χ1v) is 33.7. The monoisotopic (exact) mass is 1220 g/mol. The fourth-order valence-corrected chi connectivity index (χ4v) is 10.4. The first-order valence-electron chi connectivity index (χ1n) is 33.7. The summed E-state index contributed by atoms with van der Waals surface area (Å²) in [4.78, 5) is 0. The lowest BCUT2D eigenvalue weighted by atomic mass is 10.00. The Hall–Kier alpha value is -9.06. The van der Waals surface area contributed by atoms with Gasteiger partial charge in [-0.25, -0.2) is 13.7 Å². The number of aromatic nitrogens is 4. The van der Waals surface area contributed by atoms with Gasteiger partial charge >= 0.3 is 0 Å². The highest BCUT2D eigenvalue weighted by Crippen LogP contribution is 2.37. The van der Waals surface area contributed by atoms with Crippen molar-refractivity contribution >= 4 is 54.4 Å². The number of aryl methyl sites for hydroxylation is 8. The molecule has 478 valence electrons. The molecule has 5 heteroatoms. The Kier molecular flexibility index (Phi) is 36.7. The van der Waals surface area contributed by atoms with E-state index >= 15 is 0 Å². The predicted molar refractivity (Wildman–Crippen MR) is 402 cm³/mol. The van der Waals surface area contributed by atoms with Crippen LogP contribution < -0.4 is 18.3 Å². The van der Waals surface area contributed by atoms with Gasteiger partial charge < -0.3 is 4.42 Å². The van der Waals surface area contributed by atoms with Crippen LogP contribution in [-0.2, 0) is 28.2 Å². The average molecular weight is 1220 g/mol. The Balaban J connectivity index is 0.000000385. The number of pyridine rings is 4. The summed E-state index contributed by atoms with van der Waals surface area (Å²) in [6.07, 6.45) is 6.39. The highest BCUT2D eigenvalue weighted by atomic mass is 16.3. The van der Waals surface area contributed by atoms with Crippen LogP contribution in [-0.4, -0.2) is 0 Å². The molecule has 91 heavy (non-hydrogen) atoms. The molecule has 0 amide bonds. The minimum absolute atomic E-state index is 0.943. The van der Waals surface area contributed by atoms with Crippen molar-refractivity contribution in [2.45, 2.75) is 138 Å². The summed E-state index contributed by atoms with van der Waals surface area (Å²) in [5, 5.41) is 8.77. The Morgan fingerprint density at radius 3 is 1.32 bits per heavy atom. The van der Waals surface area contributed by atoms with E-state index in [0.717, 1.165) is 11.2 Å². The van der Waals surface area contributed by atoms with Gasteiger partial charge in [-0.1, -0.05) is 244 Å². The maximum atomic E-state index is 6.16. The molecular weight excluding hydrogens is 1100 g/mol. The average Bonchev–Trinajstić information content (AvgIpc) is 1.72. The molecule has 5 aromatic heterocycles. The molecule has 5 nitrogen and oxygen atoms in total. The zero-order valence-electron chi connectivity index (χ0n) is 60.3. The van der Waals surface area contributed by atoms with Gasteiger partial charge in [0.25, 0.3) is 0 Å². The molecule has 13 aromatic rings. The number of furan rings is 1. The predicted octanol–water partition coefficient (Wildman–Crippen LogP) is 23.5. The smallest absolute Gasteiger partial charge is 0.220 e. The second-order valence-electron chi connectivity index (χ2n) is 19.5. The summed E-state index contributed by atoms with van der Waals surface area (Å²) >= 11 is 0. The summed E-state index contributed by atoms with van der Waals surface area (Å²) in [5.41, 5.74) is 18.4. The van der Waals surface area contributed by atoms with Crippen molar-refractivity contribution in [3.8, 4) is 45.0 Å². The molecule has 0 saturated heterocycles. The van der Waals surface area contributed by atoms with Crippen molar-refractivity contribution in [1.29, 1.82) is 0 Å². The number of hydrogen-bond acceptors (Lipinski definition) is 1. The van der Waals surface area contributed by atoms with Crippen molar-refractivity contribution in [2.24, 2.45) is 28.2 Å². The third-order valence-corrected chi connectivity index (χ3v) is 14.4. The van der Waals surface area contributed by atoms with Crippen LogP contribution in [0.1, 0.15) is 133 Å². The van der Waals surface area contributed by atoms with Gasteiger partial charge in [-0.05, 0) is 115 Å². The third kappa shape index (κ3) is 20.2. The lowest BCUT2D eigenvalue weighted by Gasteiger charge is -2.07. The normalized spacial score (nSPS) is 9.54. The largest absolute Gasteiger partial charge is 0.455 e. The van der Waals surface area contributed by atoms with E-state index in [-0.39, 0.29) is 0 Å². The minimum atomic E-state index is 0.943. The van der Waals surface area contributed by atoms with E-state index in [0.29, 0.717) is 0 Å². The standard InChI is InChI=1S/C19H16NO.3C17H16N.8C2H6/c1-13-10-11-15-14-7-3-4-9-17(14)21-19(15)18(13)16-8-5-6-12-20(16)2;1-13-7-3-6-10-16(13)17-11-14-8-4-5-9-15(14)12-18(17)2;1-13-7-3-5-9-15(13)17-16-10-6-4-8-14(16)11-12-18(17)2;1-13-7-3-5-9-15(13)17-12-11-14-8-4-6-10-16(14)18(17)2;8*1-2/h3-12H,1-2H3;3*3-12H,1-2H3;8*1-2H3/q4*+1;;;;;;;;. The van der Waals surface area contributed by atoms with Gasteiger partial charge in [-0.15, -0.1) is 0 Å². The highest BCUT2D eigenvalue weighted by molar-refractivity contribution is 6.09. The van der Waals surface area contributed by atoms with Crippen molar-refractivity contribution in [1.82, 2.24) is 0 Å². The van der Waals surface area contributed by atoms with Crippen molar-refractivity contribution in [3.63, 3.8) is 0 Å². The van der Waals surface area contributed by atoms with Crippen LogP contribution in [0, 0.1) is 27.7 Å². The van der Waals surface area contributed by atoms with Crippen molar-refractivity contribution in [3.05, 3.63) is 265 Å². The highest BCUT2D eigenvalue weighted by Gasteiger charge is 2.21. The molecule has 0 fully saturated rings. The van der Waals surface area contributed by atoms with Gasteiger partial charge in [0.2, 0.25) is 28.3 Å². The first-order chi connectivity index (χ1) is 44.5. The molecule has 0 saturated carbocycles. The number of benzene rings is 8. The van der Waals surface area contributed by atoms with Crippen molar-refractivity contribution < 1.29 is 22.7 Å². The number of nitrogens with zero attached hydrogens (tertiary/aromatic N) is 4. The summed E-state index contributed by atoms with van der Waals surface area (Å²) < 4.78 is 15.0. The van der Waals surface area contributed by atoms with Crippen molar-refractivity contribution in [2.75, 3.05) is 0 Å². The van der Waals surface area contributed by atoms with Gasteiger partial charge in [0, 0.05) is 74.6 Å². The van der Waals surface area contributed by atoms with Crippen LogP contribution in [0.5, 0.6) is 0 Å². The lowest BCUT2D eigenvalue weighted by molar-refractivity contribution is -0.660. The second-order valence-corrected chi connectivity index (χ2v) is 19.5. The Morgan fingerprint density at radius 1 is 0.286 bits per heavy atom. The van der Waals surface area contributed by atoms with Gasteiger partial charge in [-0.3, -0.25) is 0 Å². The molecule has 13 rings (SSSR count). The van der Waals surface area contributed by atoms with Gasteiger partial charge in [0.05, 0.1) is 10.9 Å². The summed E-state index contributed by atoms with van der Waals surface area (Å²) in [6.45, 7) is 40.6. The Morgan fingerprint density at radius 2 is 0.747 bits per heavy atom. The van der Waals surface area contributed by atoms with Crippen LogP contribution in [0.3, 0.4) is 0 Å². The van der Waals surface area contributed by atoms with Crippen LogP contribution in [0.2, 0.25) is 0 Å². The summed E-state index contributed by atoms with van der Waals surface area (Å²) in [6, 6.07) is 78.7. The molecule has 5 heterocycles. The number of rotatable bonds is 4. The molecule has 8 aromatic carbocycles. The first kappa shape index (κ1) is 78.0. The molecule has 0 spiro atoms. The van der Waals surface area contributed by atoms with Gasteiger partial charge in [0.15, 0.2) is 18.6 Å². The third-order valence-electron chi connectivity index (χ3n) is 14.4. The van der Waals surface area contributed by atoms with Crippen LogP contribution in [0.15, 0.2) is 247 Å². The molecule has 0 bridgehead atoms. The summed E-state index contributed by atoms with van der Waals surface area (Å²) in [5.74, 6) is 0. The number of hydrogen-bond donors (Lipinski definition) is 0. The fourth-order valence-electron chi connectivity index (χ4n) is 10.4. The molecule has 0 unspecified atom stereocenters. The topological polar surface area (TPSA) is 28.7 Å². The van der Waals surface area contributed by atoms with E-state index in [1.807, 2.05) is 129 Å². The van der Waals surface area contributed by atoms with E-state index < -0.39 is 0 Å². The molecule has 0 atom stereocenters. The van der Waals surface area contributed by atoms with Gasteiger partial charge in [-0.2, -0.15) is 4.57 Å². The second kappa shape index (κ2) is 42.8. The molecule has 0 radical (unpaired) electrons. The quantitative estimate of drug-likeness (QED) is 0.161. The molecular formula is C86H112N4O+4. The SMILES string of the molecule is CC.CC.CC.CC.CC.CC.CC.CC.Cc1ccc2c(oc3ccccc32)c1-c1cccc[n+]1C.Cc1ccccc1-c1c2ccccc2cc[n+]1C.Cc1ccccc1-c1cc2ccccc2c[n+]1C.Cc1ccccc1-c1ccc2ccccc2[n+]1C. The minimum Gasteiger partial charge on any atom is -0.455 e. The number of para-hydroxylation sites is 2. The van der Waals surface area contributed by atoms with E-state index in [4.69, 9.17) is 4.42 Å². The van der Waals surface area contributed by atoms with E-state index in [9.17, 15) is 0 Å². The maximum absolute atomic E-state index is 6.16. The Labute approximate surface area is 551 Å². The van der Waals surface area contributed by atoms with E-state index in [1.54, 1.807) is 0 Å². The molecule has 0 aliphatic heterocycles. The molecule has 0 N–H and O–H groups in total. The van der Waals surface area contributed by atoms with E-state index in [1.165, 1.54) is 111 Å². The van der Waals surface area contributed by atoms with E-state index in [2.05, 4.69) is 299 Å². The number of fused-ring (bicyclic) bond motifs is 6.